The Balaban J connectivity index is 2.26. The van der Waals surface area contributed by atoms with Crippen molar-refractivity contribution in [3.63, 3.8) is 0 Å². The molecule has 0 saturated heterocycles. The molecule has 1 unspecified atom stereocenters. The fourth-order valence-corrected chi connectivity index (χ4v) is 3.20. The first-order valence-corrected chi connectivity index (χ1v) is 7.04. The van der Waals surface area contributed by atoms with Crippen molar-refractivity contribution < 1.29 is 9.47 Å². The second kappa shape index (κ2) is 4.67. The first-order valence-electron chi connectivity index (χ1n) is 7.04. The summed E-state index contributed by atoms with van der Waals surface area (Å²) in [6, 6.07) is 10.5. The zero-order valence-corrected chi connectivity index (χ0v) is 12.3. The minimum absolute atomic E-state index is 0.0859. The van der Waals surface area contributed by atoms with E-state index in [0.717, 1.165) is 35.1 Å². The van der Waals surface area contributed by atoms with E-state index >= 15 is 0 Å². The van der Waals surface area contributed by atoms with Gasteiger partial charge < -0.3 is 15.2 Å². The van der Waals surface area contributed by atoms with Crippen LogP contribution >= 0.6 is 0 Å². The molecule has 0 aromatic heterocycles. The number of fused-ring (bicyclic) bond motifs is 1. The van der Waals surface area contributed by atoms with Crippen molar-refractivity contribution >= 4 is 10.8 Å². The van der Waals surface area contributed by atoms with Gasteiger partial charge in [-0.3, -0.25) is 0 Å². The van der Waals surface area contributed by atoms with Crippen LogP contribution in [-0.4, -0.2) is 20.3 Å². The molecule has 3 nitrogen and oxygen atoms in total. The highest BCUT2D eigenvalue weighted by Gasteiger charge is 2.49. The fraction of sp³-hybridized carbons (Fsp3) is 0.412. The summed E-state index contributed by atoms with van der Waals surface area (Å²) in [6.07, 6.45) is 2.27. The first-order chi connectivity index (χ1) is 9.64. The van der Waals surface area contributed by atoms with E-state index in [0.29, 0.717) is 0 Å². The molecule has 1 saturated carbocycles. The van der Waals surface area contributed by atoms with Gasteiger partial charge in [0.15, 0.2) is 0 Å². The van der Waals surface area contributed by atoms with E-state index < -0.39 is 0 Å². The van der Waals surface area contributed by atoms with Crippen LogP contribution in [0.3, 0.4) is 0 Å². The highest BCUT2D eigenvalue weighted by Crippen LogP contribution is 2.54. The van der Waals surface area contributed by atoms with Crippen LogP contribution in [-0.2, 0) is 5.41 Å². The van der Waals surface area contributed by atoms with Crippen molar-refractivity contribution in [3.8, 4) is 11.5 Å². The van der Waals surface area contributed by atoms with Crippen molar-refractivity contribution in [3.05, 3.63) is 35.9 Å². The predicted octanol–water partition coefficient (Wildman–Crippen LogP) is 3.24. The number of methoxy groups -OCH3 is 2. The lowest BCUT2D eigenvalue weighted by molar-refractivity contribution is 0.402. The molecule has 0 spiro atoms. The molecular weight excluding hydrogens is 250 g/mol. The van der Waals surface area contributed by atoms with Crippen LogP contribution in [0.15, 0.2) is 30.3 Å². The fourth-order valence-electron chi connectivity index (χ4n) is 3.20. The Kier molecular flexibility index (Phi) is 3.09. The van der Waals surface area contributed by atoms with Gasteiger partial charge in [-0.2, -0.15) is 0 Å². The lowest BCUT2D eigenvalue weighted by Gasteiger charge is -2.24. The number of nitrogens with two attached hydrogens (primary N) is 1. The van der Waals surface area contributed by atoms with E-state index in [1.807, 2.05) is 12.1 Å². The number of benzene rings is 2. The molecule has 0 radical (unpaired) electrons. The maximum atomic E-state index is 6.21. The maximum absolute atomic E-state index is 6.21. The molecule has 0 heterocycles. The lowest BCUT2D eigenvalue weighted by atomic mass is 9.87. The molecule has 106 valence electrons. The van der Waals surface area contributed by atoms with Crippen LogP contribution in [0.1, 0.15) is 25.3 Å². The highest BCUT2D eigenvalue weighted by molar-refractivity contribution is 5.94. The number of rotatable bonds is 4. The minimum Gasteiger partial charge on any atom is -0.496 e. The van der Waals surface area contributed by atoms with Crippen LogP contribution in [0.25, 0.3) is 10.8 Å². The van der Waals surface area contributed by atoms with Crippen LogP contribution in [0, 0.1) is 0 Å². The Bertz CT molecular complexity index is 645. The Morgan fingerprint density at radius 1 is 1.05 bits per heavy atom. The summed E-state index contributed by atoms with van der Waals surface area (Å²) in [5, 5.41) is 2.17. The van der Waals surface area contributed by atoms with Crippen molar-refractivity contribution in [1.82, 2.24) is 0 Å². The second-order valence-corrected chi connectivity index (χ2v) is 5.65. The third-order valence-electron chi connectivity index (χ3n) is 4.59. The summed E-state index contributed by atoms with van der Waals surface area (Å²) in [4.78, 5) is 0. The molecule has 1 aliphatic carbocycles. The van der Waals surface area contributed by atoms with Gasteiger partial charge in [0, 0.05) is 27.8 Å². The lowest BCUT2D eigenvalue weighted by Crippen LogP contribution is -2.31. The summed E-state index contributed by atoms with van der Waals surface area (Å²) in [7, 11) is 3.43. The normalized spacial score (nSPS) is 17.8. The minimum atomic E-state index is 0.0859. The quantitative estimate of drug-likeness (QED) is 0.928. The molecule has 2 N–H and O–H groups in total. The Morgan fingerprint density at radius 2 is 1.80 bits per heavy atom. The van der Waals surface area contributed by atoms with Crippen molar-refractivity contribution in [2.45, 2.75) is 31.2 Å². The van der Waals surface area contributed by atoms with Gasteiger partial charge in [0.05, 0.1) is 14.2 Å². The van der Waals surface area contributed by atoms with E-state index in [9.17, 15) is 0 Å². The van der Waals surface area contributed by atoms with E-state index in [4.69, 9.17) is 15.2 Å². The molecule has 1 atom stereocenters. The standard InChI is InChI=1S/C17H21NO2/c1-11(18)17(9-10-17)14-8-7-12-13(16(14)20-3)5-4-6-15(12)19-2/h4-8,11H,9-10,18H2,1-3H3. The van der Waals surface area contributed by atoms with Crippen molar-refractivity contribution in [2.24, 2.45) is 5.73 Å². The van der Waals surface area contributed by atoms with Gasteiger partial charge in [0.1, 0.15) is 11.5 Å². The molecule has 3 rings (SSSR count). The molecule has 1 aliphatic rings. The van der Waals surface area contributed by atoms with Gasteiger partial charge >= 0.3 is 0 Å². The van der Waals surface area contributed by atoms with E-state index in [1.54, 1.807) is 14.2 Å². The molecule has 0 aliphatic heterocycles. The molecule has 0 bridgehead atoms. The van der Waals surface area contributed by atoms with Crippen molar-refractivity contribution in [1.29, 1.82) is 0 Å². The smallest absolute Gasteiger partial charge is 0.130 e. The third-order valence-corrected chi connectivity index (χ3v) is 4.59. The van der Waals surface area contributed by atoms with E-state index in [-0.39, 0.29) is 11.5 Å². The average molecular weight is 271 g/mol. The summed E-state index contributed by atoms with van der Waals surface area (Å²) in [5.41, 5.74) is 7.53. The predicted molar refractivity (Wildman–Crippen MR) is 81.6 cm³/mol. The summed E-state index contributed by atoms with van der Waals surface area (Å²) in [5.74, 6) is 1.81. The van der Waals surface area contributed by atoms with Crippen LogP contribution in [0.4, 0.5) is 0 Å². The van der Waals surface area contributed by atoms with Gasteiger partial charge in [-0.15, -0.1) is 0 Å². The van der Waals surface area contributed by atoms with Gasteiger partial charge in [-0.05, 0) is 25.8 Å². The van der Waals surface area contributed by atoms with Gasteiger partial charge in [-0.1, -0.05) is 24.3 Å². The third kappa shape index (κ3) is 1.77. The number of ether oxygens (including phenoxy) is 2. The molecule has 2 aromatic rings. The van der Waals surface area contributed by atoms with Gasteiger partial charge in [0.2, 0.25) is 0 Å². The molecule has 3 heteroatoms. The molecule has 20 heavy (non-hydrogen) atoms. The molecule has 2 aromatic carbocycles. The number of hydrogen-bond acceptors (Lipinski definition) is 3. The Labute approximate surface area is 119 Å². The van der Waals surface area contributed by atoms with Gasteiger partial charge in [0.25, 0.3) is 0 Å². The molecule has 0 amide bonds. The summed E-state index contributed by atoms with van der Waals surface area (Å²) in [6.45, 7) is 2.09. The average Bonchev–Trinajstić information content (AvgIpc) is 3.26. The second-order valence-electron chi connectivity index (χ2n) is 5.65. The Hall–Kier alpha value is -1.74. The van der Waals surface area contributed by atoms with Crippen LogP contribution in [0.2, 0.25) is 0 Å². The van der Waals surface area contributed by atoms with Gasteiger partial charge in [-0.25, -0.2) is 0 Å². The first kappa shape index (κ1) is 13.3. The van der Waals surface area contributed by atoms with E-state index in [2.05, 4.69) is 25.1 Å². The largest absolute Gasteiger partial charge is 0.496 e. The summed E-state index contributed by atoms with van der Waals surface area (Å²) < 4.78 is 11.2. The molecular formula is C17H21NO2. The zero-order valence-electron chi connectivity index (χ0n) is 12.3. The zero-order chi connectivity index (χ0) is 14.3. The monoisotopic (exact) mass is 271 g/mol. The Morgan fingerprint density at radius 3 is 2.35 bits per heavy atom. The number of hydrogen-bond donors (Lipinski definition) is 1. The van der Waals surface area contributed by atoms with Crippen LogP contribution in [0.5, 0.6) is 11.5 Å². The van der Waals surface area contributed by atoms with Crippen molar-refractivity contribution in [2.75, 3.05) is 14.2 Å². The summed E-state index contributed by atoms with van der Waals surface area (Å²) >= 11 is 0. The highest BCUT2D eigenvalue weighted by atomic mass is 16.5. The van der Waals surface area contributed by atoms with Crippen LogP contribution < -0.4 is 15.2 Å². The van der Waals surface area contributed by atoms with E-state index in [1.165, 1.54) is 5.56 Å². The molecule has 1 fully saturated rings. The maximum Gasteiger partial charge on any atom is 0.130 e. The SMILES string of the molecule is COc1cccc2c(OC)c(C3(C(C)N)CC3)ccc12. The topological polar surface area (TPSA) is 44.5 Å².